The number of rotatable bonds is 7. The minimum Gasteiger partial charge on any atom is -0.497 e. The Morgan fingerprint density at radius 2 is 1.96 bits per heavy atom. The number of nitrogens with zero attached hydrogens (tertiary/aromatic N) is 2. The van der Waals surface area contributed by atoms with Gasteiger partial charge in [0.25, 0.3) is 0 Å². The van der Waals surface area contributed by atoms with Gasteiger partial charge in [0.15, 0.2) is 0 Å². The van der Waals surface area contributed by atoms with Crippen LogP contribution in [0.25, 0.3) is 0 Å². The molecule has 0 radical (unpaired) electrons. The molecule has 2 aromatic rings. The standard InChI is InChI=1S/C20H25N3O3/c1-14(18-10-11-21-12-19(18)26-3)22-20(24)23(16-6-7-16)13-15-4-8-17(25-2)9-5-15/h4-5,8-12,14,16H,6-7,13H2,1-3H3,(H,22,24). The van der Waals surface area contributed by atoms with Crippen LogP contribution in [0.5, 0.6) is 11.5 Å². The molecule has 0 spiro atoms. The van der Waals surface area contributed by atoms with Gasteiger partial charge in [-0.3, -0.25) is 4.98 Å². The molecule has 1 heterocycles. The number of urea groups is 1. The summed E-state index contributed by atoms with van der Waals surface area (Å²) < 4.78 is 10.5. The molecule has 1 atom stereocenters. The number of carbonyl (C=O) groups excluding carboxylic acids is 1. The Labute approximate surface area is 154 Å². The number of hydrogen-bond acceptors (Lipinski definition) is 4. The molecule has 3 rings (SSSR count). The van der Waals surface area contributed by atoms with Gasteiger partial charge in [-0.25, -0.2) is 4.79 Å². The summed E-state index contributed by atoms with van der Waals surface area (Å²) in [4.78, 5) is 18.8. The summed E-state index contributed by atoms with van der Waals surface area (Å²) in [5.74, 6) is 1.49. The number of nitrogens with one attached hydrogen (secondary N) is 1. The first-order valence-electron chi connectivity index (χ1n) is 8.80. The molecule has 2 amide bonds. The number of methoxy groups -OCH3 is 2. The van der Waals surface area contributed by atoms with Gasteiger partial charge in [-0.2, -0.15) is 0 Å². The quantitative estimate of drug-likeness (QED) is 0.825. The fourth-order valence-corrected chi connectivity index (χ4v) is 2.95. The summed E-state index contributed by atoms with van der Waals surface area (Å²) in [6.45, 7) is 2.54. The monoisotopic (exact) mass is 355 g/mol. The summed E-state index contributed by atoms with van der Waals surface area (Å²) in [5, 5.41) is 3.09. The largest absolute Gasteiger partial charge is 0.497 e. The van der Waals surface area contributed by atoms with Crippen molar-refractivity contribution >= 4 is 6.03 Å². The highest BCUT2D eigenvalue weighted by Crippen LogP contribution is 2.30. The predicted molar refractivity (Wildman–Crippen MR) is 99.3 cm³/mol. The zero-order valence-electron chi connectivity index (χ0n) is 15.4. The van der Waals surface area contributed by atoms with E-state index in [0.29, 0.717) is 18.3 Å². The number of pyridine rings is 1. The molecule has 0 bridgehead atoms. The number of amides is 2. The van der Waals surface area contributed by atoms with E-state index in [9.17, 15) is 4.79 Å². The molecule has 6 nitrogen and oxygen atoms in total. The summed E-state index contributed by atoms with van der Waals surface area (Å²) >= 11 is 0. The number of benzene rings is 1. The maximum Gasteiger partial charge on any atom is 0.318 e. The Morgan fingerprint density at radius 3 is 2.58 bits per heavy atom. The highest BCUT2D eigenvalue weighted by molar-refractivity contribution is 5.75. The first-order valence-corrected chi connectivity index (χ1v) is 8.80. The van der Waals surface area contributed by atoms with Crippen molar-refractivity contribution in [1.29, 1.82) is 0 Å². The molecule has 1 saturated carbocycles. The highest BCUT2D eigenvalue weighted by Gasteiger charge is 2.33. The van der Waals surface area contributed by atoms with Gasteiger partial charge in [-0.1, -0.05) is 12.1 Å². The van der Waals surface area contributed by atoms with E-state index in [2.05, 4.69) is 10.3 Å². The van der Waals surface area contributed by atoms with Crippen molar-refractivity contribution in [1.82, 2.24) is 15.2 Å². The van der Waals surface area contributed by atoms with E-state index in [1.807, 2.05) is 42.2 Å². The third kappa shape index (κ3) is 4.25. The minimum absolute atomic E-state index is 0.0605. The molecule has 1 N–H and O–H groups in total. The molecule has 6 heteroatoms. The van der Waals surface area contributed by atoms with Gasteiger partial charge in [0.05, 0.1) is 26.5 Å². The molecule has 0 aliphatic heterocycles. The second-order valence-corrected chi connectivity index (χ2v) is 6.50. The lowest BCUT2D eigenvalue weighted by atomic mass is 10.1. The van der Waals surface area contributed by atoms with Crippen LogP contribution in [0, 0.1) is 0 Å². The lowest BCUT2D eigenvalue weighted by molar-refractivity contribution is 0.188. The van der Waals surface area contributed by atoms with Crippen LogP contribution in [0.15, 0.2) is 42.7 Å². The van der Waals surface area contributed by atoms with Gasteiger partial charge in [0, 0.05) is 24.3 Å². The van der Waals surface area contributed by atoms with Crippen LogP contribution in [-0.4, -0.2) is 36.2 Å². The molecular formula is C20H25N3O3. The Hall–Kier alpha value is -2.76. The van der Waals surface area contributed by atoms with E-state index in [1.54, 1.807) is 26.6 Å². The first-order chi connectivity index (χ1) is 12.6. The van der Waals surface area contributed by atoms with Crippen molar-refractivity contribution < 1.29 is 14.3 Å². The molecule has 1 fully saturated rings. The van der Waals surface area contributed by atoms with E-state index in [1.165, 1.54) is 0 Å². The SMILES string of the molecule is COc1ccc(CN(C(=O)NC(C)c2ccncc2OC)C2CC2)cc1. The average Bonchev–Trinajstić information content (AvgIpc) is 3.51. The van der Waals surface area contributed by atoms with Gasteiger partial charge in [0.1, 0.15) is 11.5 Å². The zero-order valence-corrected chi connectivity index (χ0v) is 15.4. The van der Waals surface area contributed by atoms with Crippen molar-refractivity contribution in [3.63, 3.8) is 0 Å². The second kappa shape index (κ2) is 8.08. The van der Waals surface area contributed by atoms with Crippen LogP contribution in [0.3, 0.4) is 0 Å². The highest BCUT2D eigenvalue weighted by atomic mass is 16.5. The zero-order chi connectivity index (χ0) is 18.5. The number of aromatic nitrogens is 1. The van der Waals surface area contributed by atoms with Gasteiger partial charge in [-0.05, 0) is 43.5 Å². The lowest BCUT2D eigenvalue weighted by Gasteiger charge is -2.26. The molecule has 138 valence electrons. The van der Waals surface area contributed by atoms with Gasteiger partial charge in [-0.15, -0.1) is 0 Å². The van der Waals surface area contributed by atoms with Gasteiger partial charge >= 0.3 is 6.03 Å². The summed E-state index contributed by atoms with van der Waals surface area (Å²) in [7, 11) is 3.25. The van der Waals surface area contributed by atoms with Crippen molar-refractivity contribution in [2.75, 3.05) is 14.2 Å². The molecule has 26 heavy (non-hydrogen) atoms. The van der Waals surface area contributed by atoms with Crippen LogP contribution < -0.4 is 14.8 Å². The second-order valence-electron chi connectivity index (χ2n) is 6.50. The number of hydrogen-bond donors (Lipinski definition) is 1. The van der Waals surface area contributed by atoms with E-state index >= 15 is 0 Å². The van der Waals surface area contributed by atoms with E-state index in [0.717, 1.165) is 29.7 Å². The van der Waals surface area contributed by atoms with Crippen molar-refractivity contribution in [2.45, 2.75) is 38.4 Å². The molecule has 1 aliphatic carbocycles. The van der Waals surface area contributed by atoms with E-state index in [-0.39, 0.29) is 12.1 Å². The Balaban J connectivity index is 1.68. The Morgan fingerprint density at radius 1 is 1.23 bits per heavy atom. The molecule has 1 aromatic heterocycles. The molecular weight excluding hydrogens is 330 g/mol. The minimum atomic E-state index is -0.169. The summed E-state index contributed by atoms with van der Waals surface area (Å²) in [5.41, 5.74) is 2.00. The Kier molecular flexibility index (Phi) is 5.61. The van der Waals surface area contributed by atoms with Crippen molar-refractivity contribution in [2.24, 2.45) is 0 Å². The van der Waals surface area contributed by atoms with Crippen LogP contribution in [-0.2, 0) is 6.54 Å². The van der Waals surface area contributed by atoms with Gasteiger partial charge in [0.2, 0.25) is 0 Å². The third-order valence-electron chi connectivity index (χ3n) is 4.60. The van der Waals surface area contributed by atoms with Crippen molar-refractivity contribution in [3.05, 3.63) is 53.9 Å². The van der Waals surface area contributed by atoms with E-state index < -0.39 is 0 Å². The third-order valence-corrected chi connectivity index (χ3v) is 4.60. The maximum atomic E-state index is 12.9. The van der Waals surface area contributed by atoms with E-state index in [4.69, 9.17) is 9.47 Å². The van der Waals surface area contributed by atoms with Crippen LogP contribution in [0.2, 0.25) is 0 Å². The fraction of sp³-hybridized carbons (Fsp3) is 0.400. The number of carbonyl (C=O) groups is 1. The normalized spacial score (nSPS) is 14.4. The molecule has 1 unspecified atom stereocenters. The summed E-state index contributed by atoms with van der Waals surface area (Å²) in [6.07, 6.45) is 5.47. The molecule has 0 saturated heterocycles. The first kappa shape index (κ1) is 18.0. The average molecular weight is 355 g/mol. The van der Waals surface area contributed by atoms with Crippen molar-refractivity contribution in [3.8, 4) is 11.5 Å². The van der Waals surface area contributed by atoms with Crippen LogP contribution in [0.4, 0.5) is 4.79 Å². The number of ether oxygens (including phenoxy) is 2. The molecule has 1 aromatic carbocycles. The van der Waals surface area contributed by atoms with Gasteiger partial charge < -0.3 is 19.7 Å². The fourth-order valence-electron chi connectivity index (χ4n) is 2.95. The summed E-state index contributed by atoms with van der Waals surface area (Å²) in [6, 6.07) is 9.78. The van der Waals surface area contributed by atoms with Crippen LogP contribution in [0.1, 0.15) is 36.9 Å². The van der Waals surface area contributed by atoms with Crippen LogP contribution >= 0.6 is 0 Å². The smallest absolute Gasteiger partial charge is 0.318 e. The Bertz CT molecular complexity index is 744. The predicted octanol–water partition coefficient (Wildman–Crippen LogP) is 3.53. The maximum absolute atomic E-state index is 12.9. The lowest BCUT2D eigenvalue weighted by Crippen LogP contribution is -2.42. The topological polar surface area (TPSA) is 63.7 Å². The molecule has 1 aliphatic rings.